The first-order chi connectivity index (χ1) is 13.1. The van der Waals surface area contributed by atoms with Crippen LogP contribution in [0.2, 0.25) is 0 Å². The summed E-state index contributed by atoms with van der Waals surface area (Å²) in [6, 6.07) is 14.6. The number of methoxy groups -OCH3 is 1. The third-order valence-corrected chi connectivity index (χ3v) is 3.93. The first-order valence-electron chi connectivity index (χ1n) is 8.13. The van der Waals surface area contributed by atoms with Gasteiger partial charge in [-0.3, -0.25) is 9.78 Å². The summed E-state index contributed by atoms with van der Waals surface area (Å²) in [6.07, 6.45) is 1.83. The maximum atomic E-state index is 13.2. The lowest BCUT2D eigenvalue weighted by molar-refractivity contribution is 0.0280. The molecule has 1 heterocycles. The third-order valence-electron chi connectivity index (χ3n) is 3.93. The molecule has 27 heavy (non-hydrogen) atoms. The van der Waals surface area contributed by atoms with E-state index < -0.39 is 23.7 Å². The topological polar surface area (TPSA) is 65.5 Å². The number of rotatable bonds is 6. The summed E-state index contributed by atoms with van der Waals surface area (Å²) in [6.45, 7) is 0. The SMILES string of the molecule is COc1ccc(C(=O)OC(C(=O)c2ccc(F)cc2)c2ccncc2)cc1. The summed E-state index contributed by atoms with van der Waals surface area (Å²) in [7, 11) is 1.52. The van der Waals surface area contributed by atoms with Crippen LogP contribution in [0, 0.1) is 5.82 Å². The second-order valence-corrected chi connectivity index (χ2v) is 5.67. The Balaban J connectivity index is 1.89. The lowest BCUT2D eigenvalue weighted by Crippen LogP contribution is -2.20. The molecule has 2 aromatic carbocycles. The summed E-state index contributed by atoms with van der Waals surface area (Å²) in [5, 5.41) is 0. The second-order valence-electron chi connectivity index (χ2n) is 5.67. The summed E-state index contributed by atoms with van der Waals surface area (Å²) in [4.78, 5) is 29.3. The predicted octanol–water partition coefficient (Wildman–Crippen LogP) is 4.01. The van der Waals surface area contributed by atoms with Gasteiger partial charge < -0.3 is 9.47 Å². The molecular weight excluding hydrogens is 349 g/mol. The maximum absolute atomic E-state index is 13.2. The number of ketones is 1. The van der Waals surface area contributed by atoms with Gasteiger partial charge in [-0.2, -0.15) is 0 Å². The largest absolute Gasteiger partial charge is 0.497 e. The molecule has 6 heteroatoms. The van der Waals surface area contributed by atoms with Gasteiger partial charge in [-0.15, -0.1) is 0 Å². The Bertz CT molecular complexity index is 925. The zero-order valence-electron chi connectivity index (χ0n) is 14.5. The number of hydrogen-bond donors (Lipinski definition) is 0. The highest BCUT2D eigenvalue weighted by Gasteiger charge is 2.27. The molecular formula is C21H16FNO4. The van der Waals surface area contributed by atoms with E-state index in [9.17, 15) is 14.0 Å². The zero-order chi connectivity index (χ0) is 19.2. The van der Waals surface area contributed by atoms with Gasteiger partial charge in [0, 0.05) is 23.5 Å². The van der Waals surface area contributed by atoms with Crippen LogP contribution in [-0.4, -0.2) is 23.8 Å². The summed E-state index contributed by atoms with van der Waals surface area (Å²) >= 11 is 0. The molecule has 1 atom stereocenters. The lowest BCUT2D eigenvalue weighted by atomic mass is 10.0. The van der Waals surface area contributed by atoms with Gasteiger partial charge in [0.1, 0.15) is 11.6 Å². The third kappa shape index (κ3) is 4.36. The minimum Gasteiger partial charge on any atom is -0.497 e. The number of ether oxygens (including phenoxy) is 2. The molecule has 0 saturated carbocycles. The number of benzene rings is 2. The van der Waals surface area contributed by atoms with Crippen LogP contribution in [0.15, 0.2) is 73.1 Å². The number of esters is 1. The van der Waals surface area contributed by atoms with Crippen molar-refractivity contribution < 1.29 is 23.5 Å². The van der Waals surface area contributed by atoms with Crippen molar-refractivity contribution in [1.82, 2.24) is 4.98 Å². The van der Waals surface area contributed by atoms with Crippen LogP contribution in [0.3, 0.4) is 0 Å². The average Bonchev–Trinajstić information content (AvgIpc) is 2.72. The van der Waals surface area contributed by atoms with Gasteiger partial charge in [-0.1, -0.05) is 0 Å². The van der Waals surface area contributed by atoms with Crippen molar-refractivity contribution in [3.8, 4) is 5.75 Å². The van der Waals surface area contributed by atoms with Crippen LogP contribution in [0.25, 0.3) is 0 Å². The molecule has 0 bridgehead atoms. The highest BCUT2D eigenvalue weighted by molar-refractivity contribution is 6.02. The Morgan fingerprint density at radius 1 is 0.889 bits per heavy atom. The Hall–Kier alpha value is -3.54. The van der Waals surface area contributed by atoms with Crippen LogP contribution in [-0.2, 0) is 4.74 Å². The molecule has 1 unspecified atom stereocenters. The van der Waals surface area contributed by atoms with Gasteiger partial charge in [0.25, 0.3) is 0 Å². The van der Waals surface area contributed by atoms with Crippen molar-refractivity contribution in [3.63, 3.8) is 0 Å². The second kappa shape index (κ2) is 8.23. The fraction of sp³-hybridized carbons (Fsp3) is 0.0952. The van der Waals surface area contributed by atoms with Crippen molar-refractivity contribution in [3.05, 3.63) is 95.6 Å². The van der Waals surface area contributed by atoms with Crippen LogP contribution in [0.4, 0.5) is 4.39 Å². The van der Waals surface area contributed by atoms with Crippen molar-refractivity contribution in [1.29, 1.82) is 0 Å². The number of carbonyl (C=O) groups is 2. The van der Waals surface area contributed by atoms with Crippen molar-refractivity contribution in [2.75, 3.05) is 7.11 Å². The molecule has 0 fully saturated rings. The molecule has 0 N–H and O–H groups in total. The summed E-state index contributed by atoms with van der Waals surface area (Å²) in [5.74, 6) is -0.972. The molecule has 0 aliphatic rings. The van der Waals surface area contributed by atoms with E-state index in [0.717, 1.165) is 0 Å². The molecule has 5 nitrogen and oxygen atoms in total. The fourth-order valence-electron chi connectivity index (χ4n) is 2.48. The molecule has 3 rings (SSSR count). The van der Waals surface area contributed by atoms with Crippen LogP contribution < -0.4 is 4.74 Å². The standard InChI is InChI=1S/C21H16FNO4/c1-26-18-8-4-16(5-9-18)21(25)27-20(15-10-12-23-13-11-15)19(24)14-2-6-17(22)7-3-14/h2-13,20H,1H3. The van der Waals surface area contributed by atoms with Gasteiger partial charge in [0.05, 0.1) is 12.7 Å². The van der Waals surface area contributed by atoms with E-state index in [-0.39, 0.29) is 11.1 Å². The van der Waals surface area contributed by atoms with E-state index in [1.54, 1.807) is 36.4 Å². The van der Waals surface area contributed by atoms with Crippen molar-refractivity contribution in [2.24, 2.45) is 0 Å². The van der Waals surface area contributed by atoms with E-state index in [4.69, 9.17) is 9.47 Å². The highest BCUT2D eigenvalue weighted by Crippen LogP contribution is 2.24. The smallest absolute Gasteiger partial charge is 0.339 e. The molecule has 1 aromatic heterocycles. The molecule has 0 radical (unpaired) electrons. The number of hydrogen-bond acceptors (Lipinski definition) is 5. The number of pyridine rings is 1. The van der Waals surface area contributed by atoms with E-state index in [1.165, 1.54) is 43.8 Å². The number of carbonyl (C=O) groups excluding carboxylic acids is 2. The summed E-state index contributed by atoms with van der Waals surface area (Å²) in [5.41, 5.74) is 0.990. The zero-order valence-corrected chi connectivity index (χ0v) is 14.5. The monoisotopic (exact) mass is 365 g/mol. The van der Waals surface area contributed by atoms with Gasteiger partial charge in [0.15, 0.2) is 6.10 Å². The van der Waals surface area contributed by atoms with Gasteiger partial charge in [-0.25, -0.2) is 9.18 Å². The lowest BCUT2D eigenvalue weighted by Gasteiger charge is -2.17. The van der Waals surface area contributed by atoms with Crippen LogP contribution in [0.5, 0.6) is 5.75 Å². The molecule has 136 valence electrons. The highest BCUT2D eigenvalue weighted by atomic mass is 19.1. The van der Waals surface area contributed by atoms with Crippen molar-refractivity contribution in [2.45, 2.75) is 6.10 Å². The maximum Gasteiger partial charge on any atom is 0.339 e. The molecule has 3 aromatic rings. The first kappa shape index (κ1) is 18.3. The Morgan fingerprint density at radius 3 is 2.07 bits per heavy atom. The normalized spacial score (nSPS) is 11.5. The Kier molecular flexibility index (Phi) is 5.56. The molecule has 0 aliphatic carbocycles. The summed E-state index contributed by atoms with van der Waals surface area (Å²) < 4.78 is 23.7. The van der Waals surface area contributed by atoms with Gasteiger partial charge >= 0.3 is 5.97 Å². The first-order valence-corrected chi connectivity index (χ1v) is 8.13. The number of halogens is 1. The van der Waals surface area contributed by atoms with E-state index in [0.29, 0.717) is 11.3 Å². The van der Waals surface area contributed by atoms with E-state index >= 15 is 0 Å². The quantitative estimate of drug-likeness (QED) is 0.488. The fourth-order valence-corrected chi connectivity index (χ4v) is 2.48. The molecule has 0 amide bonds. The number of Topliss-reactive ketones (excluding diaryl/α,β-unsaturated/α-hetero) is 1. The van der Waals surface area contributed by atoms with Gasteiger partial charge in [-0.05, 0) is 60.7 Å². The predicted molar refractivity (Wildman–Crippen MR) is 96.1 cm³/mol. The molecule has 0 aliphatic heterocycles. The van der Waals surface area contributed by atoms with E-state index in [2.05, 4.69) is 4.98 Å². The number of aromatic nitrogens is 1. The van der Waals surface area contributed by atoms with Crippen molar-refractivity contribution >= 4 is 11.8 Å². The van der Waals surface area contributed by atoms with E-state index in [1.807, 2.05) is 0 Å². The number of nitrogens with zero attached hydrogens (tertiary/aromatic N) is 1. The van der Waals surface area contributed by atoms with Crippen LogP contribution >= 0.6 is 0 Å². The minimum absolute atomic E-state index is 0.237. The Labute approximate surface area is 155 Å². The van der Waals surface area contributed by atoms with Gasteiger partial charge in [0.2, 0.25) is 5.78 Å². The molecule has 0 saturated heterocycles. The van der Waals surface area contributed by atoms with Crippen LogP contribution in [0.1, 0.15) is 32.4 Å². The Morgan fingerprint density at radius 2 is 1.48 bits per heavy atom. The average molecular weight is 365 g/mol. The molecule has 0 spiro atoms. The minimum atomic E-state index is -1.17.